The molecule has 0 bridgehead atoms. The van der Waals surface area contributed by atoms with Gasteiger partial charge in [-0.05, 0) is 65.7 Å². The molecule has 0 aromatic heterocycles. The third kappa shape index (κ3) is 4.53. The maximum absolute atomic E-state index is 13.8. The quantitative estimate of drug-likeness (QED) is 0.780. The summed E-state index contributed by atoms with van der Waals surface area (Å²) in [7, 11) is 1.72. The van der Waals surface area contributed by atoms with Gasteiger partial charge in [-0.15, -0.1) is 0 Å². The van der Waals surface area contributed by atoms with Gasteiger partial charge in [-0.3, -0.25) is 4.79 Å². The minimum Gasteiger partial charge on any atom is -0.458 e. The van der Waals surface area contributed by atoms with E-state index in [-0.39, 0.29) is 29.7 Å². The zero-order valence-electron chi connectivity index (χ0n) is 17.0. The molecule has 1 aromatic rings. The zero-order valence-corrected chi connectivity index (χ0v) is 17.0. The van der Waals surface area contributed by atoms with Crippen LogP contribution in [-0.2, 0) is 14.3 Å². The standard InChI is InChI=1S/C23H29FO4/c1-14-9-15(5-8-21(14)24)19-12-18(27-4)13-23(2,3)20(19)7-6-17-10-16(25)11-22(26)28-17/h5-9,16-18,25H,10-13H2,1-4H3/b7-6+/t16-,17-,18?/m0/s1. The Morgan fingerprint density at radius 1 is 1.32 bits per heavy atom. The predicted molar refractivity (Wildman–Crippen MR) is 106 cm³/mol. The van der Waals surface area contributed by atoms with Gasteiger partial charge in [0.1, 0.15) is 11.9 Å². The first-order valence-electron chi connectivity index (χ1n) is 9.78. The van der Waals surface area contributed by atoms with E-state index in [0.717, 1.165) is 29.6 Å². The van der Waals surface area contributed by atoms with E-state index >= 15 is 0 Å². The second-order valence-electron chi connectivity index (χ2n) is 8.49. The number of hydrogen-bond donors (Lipinski definition) is 1. The van der Waals surface area contributed by atoms with Gasteiger partial charge in [0.05, 0.1) is 18.6 Å². The van der Waals surface area contributed by atoms with Crippen LogP contribution < -0.4 is 0 Å². The normalized spacial score (nSPS) is 27.9. The summed E-state index contributed by atoms with van der Waals surface area (Å²) >= 11 is 0. The van der Waals surface area contributed by atoms with Crippen LogP contribution in [-0.4, -0.2) is 36.5 Å². The van der Waals surface area contributed by atoms with E-state index in [1.165, 1.54) is 6.07 Å². The summed E-state index contributed by atoms with van der Waals surface area (Å²) in [5.41, 5.74) is 3.67. The van der Waals surface area contributed by atoms with Gasteiger partial charge in [-0.25, -0.2) is 4.39 Å². The minimum atomic E-state index is -0.665. The number of methoxy groups -OCH3 is 1. The lowest BCUT2D eigenvalue weighted by atomic mass is 9.69. The van der Waals surface area contributed by atoms with Gasteiger partial charge in [-0.2, -0.15) is 0 Å². The van der Waals surface area contributed by atoms with Crippen LogP contribution in [0, 0.1) is 18.2 Å². The molecule has 1 unspecified atom stereocenters. The van der Waals surface area contributed by atoms with E-state index in [1.54, 1.807) is 14.0 Å². The molecule has 2 aliphatic rings. The van der Waals surface area contributed by atoms with E-state index in [2.05, 4.69) is 13.8 Å². The Morgan fingerprint density at radius 3 is 2.71 bits per heavy atom. The molecule has 4 nitrogen and oxygen atoms in total. The maximum atomic E-state index is 13.8. The molecular weight excluding hydrogens is 359 g/mol. The molecule has 1 aliphatic carbocycles. The van der Waals surface area contributed by atoms with Crippen molar-refractivity contribution in [3.05, 3.63) is 52.9 Å². The number of aliphatic hydroxyl groups excluding tert-OH is 1. The van der Waals surface area contributed by atoms with Crippen molar-refractivity contribution in [3.63, 3.8) is 0 Å². The Hall–Kier alpha value is -1.98. The van der Waals surface area contributed by atoms with Crippen LogP contribution in [0.15, 0.2) is 35.9 Å². The van der Waals surface area contributed by atoms with Crippen molar-refractivity contribution in [1.82, 2.24) is 0 Å². The molecule has 0 saturated carbocycles. The Bertz CT molecular complexity index is 809. The fourth-order valence-electron chi connectivity index (χ4n) is 4.23. The number of aliphatic hydroxyl groups is 1. The number of hydrogen-bond acceptors (Lipinski definition) is 4. The highest BCUT2D eigenvalue weighted by atomic mass is 19.1. The number of halogens is 1. The number of allylic oxidation sites excluding steroid dienone is 2. The molecule has 1 aliphatic heterocycles. The zero-order chi connectivity index (χ0) is 20.5. The largest absolute Gasteiger partial charge is 0.458 e. The molecule has 3 rings (SSSR count). The average molecular weight is 388 g/mol. The van der Waals surface area contributed by atoms with Gasteiger partial charge in [0.2, 0.25) is 0 Å². The van der Waals surface area contributed by atoms with Gasteiger partial charge in [-0.1, -0.05) is 26.0 Å². The van der Waals surface area contributed by atoms with Gasteiger partial charge < -0.3 is 14.6 Å². The number of carbonyl (C=O) groups excluding carboxylic acids is 1. The molecular formula is C23H29FO4. The molecule has 0 spiro atoms. The summed E-state index contributed by atoms with van der Waals surface area (Å²) in [4.78, 5) is 11.6. The lowest BCUT2D eigenvalue weighted by Gasteiger charge is -2.38. The summed E-state index contributed by atoms with van der Waals surface area (Å²) in [6.07, 6.45) is 4.91. The van der Waals surface area contributed by atoms with Crippen LogP contribution in [0.2, 0.25) is 0 Å². The molecule has 1 fully saturated rings. The fourth-order valence-corrected chi connectivity index (χ4v) is 4.23. The number of cyclic esters (lactones) is 1. The first-order chi connectivity index (χ1) is 13.2. The third-order valence-electron chi connectivity index (χ3n) is 5.73. The summed E-state index contributed by atoms with van der Waals surface area (Å²) in [5.74, 6) is -0.595. The van der Waals surface area contributed by atoms with Gasteiger partial charge in [0.15, 0.2) is 0 Å². The van der Waals surface area contributed by atoms with Crippen LogP contribution in [0.4, 0.5) is 4.39 Å². The molecule has 1 N–H and O–H groups in total. The highest BCUT2D eigenvalue weighted by Gasteiger charge is 2.35. The summed E-state index contributed by atoms with van der Waals surface area (Å²) in [5, 5.41) is 9.84. The topological polar surface area (TPSA) is 55.8 Å². The third-order valence-corrected chi connectivity index (χ3v) is 5.73. The van der Waals surface area contributed by atoms with Crippen LogP contribution in [0.1, 0.15) is 50.7 Å². The Kier molecular flexibility index (Phi) is 6.06. The molecule has 1 heterocycles. The van der Waals surface area contributed by atoms with Crippen molar-refractivity contribution in [1.29, 1.82) is 0 Å². The van der Waals surface area contributed by atoms with Crippen molar-refractivity contribution in [3.8, 4) is 0 Å². The molecule has 1 aromatic carbocycles. The highest BCUT2D eigenvalue weighted by molar-refractivity contribution is 5.74. The molecule has 1 saturated heterocycles. The highest BCUT2D eigenvalue weighted by Crippen LogP contribution is 2.45. The second-order valence-corrected chi connectivity index (χ2v) is 8.49. The van der Waals surface area contributed by atoms with E-state index in [4.69, 9.17) is 9.47 Å². The first kappa shape index (κ1) is 20.7. The van der Waals surface area contributed by atoms with E-state index in [1.807, 2.05) is 24.3 Å². The molecule has 3 atom stereocenters. The molecule has 152 valence electrons. The van der Waals surface area contributed by atoms with E-state index in [9.17, 15) is 14.3 Å². The van der Waals surface area contributed by atoms with Gasteiger partial charge >= 0.3 is 5.97 Å². The Morgan fingerprint density at radius 2 is 2.07 bits per heavy atom. The molecule has 0 radical (unpaired) electrons. The first-order valence-corrected chi connectivity index (χ1v) is 9.78. The monoisotopic (exact) mass is 388 g/mol. The van der Waals surface area contributed by atoms with Crippen LogP contribution >= 0.6 is 0 Å². The number of esters is 1. The number of aryl methyl sites for hydroxylation is 1. The van der Waals surface area contributed by atoms with Gasteiger partial charge in [0.25, 0.3) is 0 Å². The fraction of sp³-hybridized carbons (Fsp3) is 0.522. The number of rotatable bonds is 4. The van der Waals surface area contributed by atoms with E-state index in [0.29, 0.717) is 12.0 Å². The van der Waals surface area contributed by atoms with Crippen molar-refractivity contribution in [2.45, 2.75) is 64.8 Å². The molecule has 28 heavy (non-hydrogen) atoms. The Balaban J connectivity index is 2.01. The van der Waals surface area contributed by atoms with Gasteiger partial charge in [0, 0.05) is 13.5 Å². The number of carbonyl (C=O) groups is 1. The summed E-state index contributed by atoms with van der Waals surface area (Å²) in [6.45, 7) is 6.09. The SMILES string of the molecule is COC1CC(c2ccc(F)c(C)c2)=C(/C=C/[C@H]2C[C@H](O)CC(=O)O2)C(C)(C)C1. The average Bonchev–Trinajstić information content (AvgIpc) is 2.61. The van der Waals surface area contributed by atoms with E-state index < -0.39 is 12.2 Å². The van der Waals surface area contributed by atoms with Crippen molar-refractivity contribution >= 4 is 11.5 Å². The molecule has 0 amide bonds. The maximum Gasteiger partial charge on any atom is 0.309 e. The lowest BCUT2D eigenvalue weighted by Crippen LogP contribution is -2.32. The van der Waals surface area contributed by atoms with Crippen LogP contribution in [0.5, 0.6) is 0 Å². The summed E-state index contributed by atoms with van der Waals surface area (Å²) < 4.78 is 24.8. The predicted octanol–water partition coefficient (Wildman–Crippen LogP) is 4.35. The molecule has 5 heteroatoms. The van der Waals surface area contributed by atoms with Crippen molar-refractivity contribution in [2.75, 3.05) is 7.11 Å². The minimum absolute atomic E-state index is 0.0498. The van der Waals surface area contributed by atoms with Crippen molar-refractivity contribution in [2.24, 2.45) is 5.41 Å². The Labute approximate surface area is 166 Å². The second kappa shape index (κ2) is 8.18. The lowest BCUT2D eigenvalue weighted by molar-refractivity contribution is -0.156. The van der Waals surface area contributed by atoms with Crippen LogP contribution in [0.25, 0.3) is 5.57 Å². The van der Waals surface area contributed by atoms with Crippen molar-refractivity contribution < 1.29 is 23.8 Å². The summed E-state index contributed by atoms with van der Waals surface area (Å²) in [6, 6.07) is 5.18. The van der Waals surface area contributed by atoms with Crippen LogP contribution in [0.3, 0.4) is 0 Å². The number of benzene rings is 1. The number of ether oxygens (including phenoxy) is 2. The smallest absolute Gasteiger partial charge is 0.309 e.